The second-order valence-corrected chi connectivity index (χ2v) is 4.40. The first-order valence-electron chi connectivity index (χ1n) is 5.31. The predicted octanol–water partition coefficient (Wildman–Crippen LogP) is 0.962. The summed E-state index contributed by atoms with van der Waals surface area (Å²) >= 11 is 0. The van der Waals surface area contributed by atoms with Gasteiger partial charge in [-0.3, -0.25) is 4.79 Å². The van der Waals surface area contributed by atoms with E-state index in [0.29, 0.717) is 11.7 Å². The van der Waals surface area contributed by atoms with Gasteiger partial charge < -0.3 is 9.47 Å². The van der Waals surface area contributed by atoms with Gasteiger partial charge in [0.1, 0.15) is 5.69 Å². The SMILES string of the molecule is CC(=O)c1ncn2c1CC(N(C)C)CC2. The van der Waals surface area contributed by atoms with Gasteiger partial charge in [0.15, 0.2) is 5.78 Å². The van der Waals surface area contributed by atoms with Crippen molar-refractivity contribution >= 4 is 5.78 Å². The first-order valence-corrected chi connectivity index (χ1v) is 5.31. The molecule has 0 saturated heterocycles. The smallest absolute Gasteiger partial charge is 0.179 e. The van der Waals surface area contributed by atoms with Crippen LogP contribution in [0.25, 0.3) is 0 Å². The average molecular weight is 207 g/mol. The number of aryl methyl sites for hydroxylation is 1. The number of fused-ring (bicyclic) bond motifs is 1. The maximum Gasteiger partial charge on any atom is 0.179 e. The summed E-state index contributed by atoms with van der Waals surface area (Å²) in [6.45, 7) is 2.56. The van der Waals surface area contributed by atoms with E-state index in [-0.39, 0.29) is 5.78 Å². The lowest BCUT2D eigenvalue weighted by molar-refractivity contribution is 0.101. The molecule has 4 nitrogen and oxygen atoms in total. The van der Waals surface area contributed by atoms with E-state index in [1.165, 1.54) is 0 Å². The number of aromatic nitrogens is 2. The number of carbonyl (C=O) groups is 1. The Bertz CT molecular complexity index is 381. The summed E-state index contributed by atoms with van der Waals surface area (Å²) in [6.07, 6.45) is 3.85. The number of ketones is 1. The highest BCUT2D eigenvalue weighted by Crippen LogP contribution is 2.20. The topological polar surface area (TPSA) is 38.1 Å². The van der Waals surface area contributed by atoms with E-state index in [1.54, 1.807) is 13.3 Å². The number of hydrogen-bond acceptors (Lipinski definition) is 3. The number of imidazole rings is 1. The Hall–Kier alpha value is -1.16. The summed E-state index contributed by atoms with van der Waals surface area (Å²) in [5, 5.41) is 0. The molecule has 2 heterocycles. The molecule has 0 bridgehead atoms. The van der Waals surface area contributed by atoms with Gasteiger partial charge in [0.2, 0.25) is 0 Å². The van der Waals surface area contributed by atoms with Crippen LogP contribution in [0, 0.1) is 0 Å². The number of likely N-dealkylation sites (N-methyl/N-ethyl adjacent to an activating group) is 1. The van der Waals surface area contributed by atoms with Crippen LogP contribution >= 0.6 is 0 Å². The Balaban J connectivity index is 2.30. The molecule has 0 aromatic carbocycles. The standard InChI is InChI=1S/C11H17N3O/c1-8(15)11-10-6-9(13(2)3)4-5-14(10)7-12-11/h7,9H,4-6H2,1-3H3. The molecule has 1 aliphatic heterocycles. The molecule has 15 heavy (non-hydrogen) atoms. The minimum atomic E-state index is 0.0724. The predicted molar refractivity (Wildman–Crippen MR) is 58.0 cm³/mol. The molecule has 2 rings (SSSR count). The Labute approximate surface area is 89.9 Å². The Morgan fingerprint density at radius 3 is 2.93 bits per heavy atom. The highest BCUT2D eigenvalue weighted by atomic mass is 16.1. The van der Waals surface area contributed by atoms with Gasteiger partial charge >= 0.3 is 0 Å². The molecule has 1 atom stereocenters. The zero-order chi connectivity index (χ0) is 11.0. The van der Waals surface area contributed by atoms with Crippen LogP contribution in [0.5, 0.6) is 0 Å². The van der Waals surface area contributed by atoms with Crippen molar-refractivity contribution < 1.29 is 4.79 Å². The van der Waals surface area contributed by atoms with Crippen molar-refractivity contribution in [3.63, 3.8) is 0 Å². The van der Waals surface area contributed by atoms with Crippen LogP contribution in [0.4, 0.5) is 0 Å². The molecule has 0 saturated carbocycles. The minimum absolute atomic E-state index is 0.0724. The van der Waals surface area contributed by atoms with Crippen LogP contribution < -0.4 is 0 Å². The third-order valence-corrected chi connectivity index (χ3v) is 3.14. The summed E-state index contributed by atoms with van der Waals surface area (Å²) < 4.78 is 2.11. The summed E-state index contributed by atoms with van der Waals surface area (Å²) in [5.74, 6) is 0.0724. The molecule has 0 fully saturated rings. The number of Topliss-reactive ketones (excluding diaryl/α,β-unsaturated/α-hetero) is 1. The summed E-state index contributed by atoms with van der Waals surface area (Å²) in [4.78, 5) is 17.8. The summed E-state index contributed by atoms with van der Waals surface area (Å²) in [6, 6.07) is 0.535. The van der Waals surface area contributed by atoms with Crippen molar-refractivity contribution in [1.29, 1.82) is 0 Å². The fourth-order valence-corrected chi connectivity index (χ4v) is 2.16. The molecule has 0 amide bonds. The van der Waals surface area contributed by atoms with Crippen molar-refractivity contribution in [2.75, 3.05) is 14.1 Å². The highest BCUT2D eigenvalue weighted by Gasteiger charge is 2.24. The summed E-state index contributed by atoms with van der Waals surface area (Å²) in [5.41, 5.74) is 1.76. The van der Waals surface area contributed by atoms with Crippen molar-refractivity contribution in [3.05, 3.63) is 17.7 Å². The Kier molecular flexibility index (Phi) is 2.61. The minimum Gasteiger partial charge on any atom is -0.334 e. The van der Waals surface area contributed by atoms with Crippen LogP contribution in [-0.4, -0.2) is 40.4 Å². The molecule has 0 radical (unpaired) electrons. The van der Waals surface area contributed by atoms with Gasteiger partial charge in [-0.1, -0.05) is 0 Å². The van der Waals surface area contributed by atoms with Crippen molar-refractivity contribution in [2.24, 2.45) is 0 Å². The largest absolute Gasteiger partial charge is 0.334 e. The molecule has 1 unspecified atom stereocenters. The first kappa shape index (κ1) is 10.4. The molecule has 1 aromatic heterocycles. The zero-order valence-electron chi connectivity index (χ0n) is 9.53. The molecule has 4 heteroatoms. The quantitative estimate of drug-likeness (QED) is 0.678. The highest BCUT2D eigenvalue weighted by molar-refractivity contribution is 5.93. The number of carbonyl (C=O) groups excluding carboxylic acids is 1. The third kappa shape index (κ3) is 1.81. The van der Waals surface area contributed by atoms with Crippen LogP contribution in [0.2, 0.25) is 0 Å². The second kappa shape index (κ2) is 3.77. The van der Waals surface area contributed by atoms with Crippen LogP contribution in [0.15, 0.2) is 6.33 Å². The number of hydrogen-bond donors (Lipinski definition) is 0. The molecule has 1 aromatic rings. The van der Waals surface area contributed by atoms with Gasteiger partial charge in [0, 0.05) is 31.6 Å². The second-order valence-electron chi connectivity index (χ2n) is 4.40. The van der Waals surface area contributed by atoms with Crippen molar-refractivity contribution in [2.45, 2.75) is 32.4 Å². The van der Waals surface area contributed by atoms with Crippen LogP contribution in [0.3, 0.4) is 0 Å². The average Bonchev–Trinajstić information content (AvgIpc) is 2.59. The van der Waals surface area contributed by atoms with Gasteiger partial charge in [0.25, 0.3) is 0 Å². The normalized spacial score (nSPS) is 20.4. The molecular weight excluding hydrogens is 190 g/mol. The lowest BCUT2D eigenvalue weighted by Crippen LogP contribution is -2.35. The van der Waals surface area contributed by atoms with Gasteiger partial charge in [-0.05, 0) is 20.5 Å². The molecule has 0 aliphatic carbocycles. The fourth-order valence-electron chi connectivity index (χ4n) is 2.16. The lowest BCUT2D eigenvalue weighted by atomic mass is 10.0. The van der Waals surface area contributed by atoms with Crippen molar-refractivity contribution in [3.8, 4) is 0 Å². The number of nitrogens with zero attached hydrogens (tertiary/aromatic N) is 3. The molecule has 82 valence electrons. The maximum absolute atomic E-state index is 11.4. The Morgan fingerprint density at radius 2 is 2.33 bits per heavy atom. The molecule has 1 aliphatic rings. The van der Waals surface area contributed by atoms with E-state index in [1.807, 2.05) is 0 Å². The van der Waals surface area contributed by atoms with Crippen LogP contribution in [-0.2, 0) is 13.0 Å². The van der Waals surface area contributed by atoms with E-state index in [9.17, 15) is 4.79 Å². The third-order valence-electron chi connectivity index (χ3n) is 3.14. The fraction of sp³-hybridized carbons (Fsp3) is 0.636. The van der Waals surface area contributed by atoms with E-state index in [2.05, 4.69) is 28.5 Å². The van der Waals surface area contributed by atoms with Gasteiger partial charge in [-0.15, -0.1) is 0 Å². The number of rotatable bonds is 2. The Morgan fingerprint density at radius 1 is 1.60 bits per heavy atom. The van der Waals surface area contributed by atoms with Crippen LogP contribution in [0.1, 0.15) is 29.5 Å². The van der Waals surface area contributed by atoms with E-state index in [4.69, 9.17) is 0 Å². The molecule has 0 N–H and O–H groups in total. The van der Waals surface area contributed by atoms with E-state index < -0.39 is 0 Å². The zero-order valence-corrected chi connectivity index (χ0v) is 9.53. The first-order chi connectivity index (χ1) is 7.09. The monoisotopic (exact) mass is 207 g/mol. The van der Waals surface area contributed by atoms with E-state index in [0.717, 1.165) is 25.1 Å². The lowest BCUT2D eigenvalue weighted by Gasteiger charge is -2.29. The van der Waals surface area contributed by atoms with Crippen molar-refractivity contribution in [1.82, 2.24) is 14.5 Å². The van der Waals surface area contributed by atoms with Gasteiger partial charge in [-0.25, -0.2) is 4.98 Å². The molecule has 0 spiro atoms. The molecular formula is C11H17N3O. The maximum atomic E-state index is 11.4. The summed E-state index contributed by atoms with van der Waals surface area (Å²) in [7, 11) is 4.17. The van der Waals surface area contributed by atoms with E-state index >= 15 is 0 Å². The van der Waals surface area contributed by atoms with Gasteiger partial charge in [-0.2, -0.15) is 0 Å². The van der Waals surface area contributed by atoms with Gasteiger partial charge in [0.05, 0.1) is 6.33 Å².